The van der Waals surface area contributed by atoms with Gasteiger partial charge in [0.25, 0.3) is 5.78 Å². The minimum Gasteiger partial charge on any atom is -0.356 e. The number of aryl methyl sites for hydroxylation is 1. The van der Waals surface area contributed by atoms with Gasteiger partial charge in [0.05, 0.1) is 5.92 Å². The van der Waals surface area contributed by atoms with Gasteiger partial charge in [0.15, 0.2) is 0 Å². The molecule has 0 spiro atoms. The molecule has 0 radical (unpaired) electrons. The van der Waals surface area contributed by atoms with Gasteiger partial charge in [0.1, 0.15) is 18.0 Å². The second-order valence-corrected chi connectivity index (χ2v) is 6.51. The number of piperidine rings is 1. The Morgan fingerprint density at radius 3 is 2.92 bits per heavy atom. The van der Waals surface area contributed by atoms with Gasteiger partial charge in [-0.1, -0.05) is 0 Å². The number of hydrogen-bond donors (Lipinski definition) is 1. The Morgan fingerprint density at radius 1 is 1.31 bits per heavy atom. The van der Waals surface area contributed by atoms with E-state index in [4.69, 9.17) is 0 Å². The maximum Gasteiger partial charge on any atom is 0.254 e. The number of hydrogen-bond acceptors (Lipinski definition) is 5. The number of amides is 1. The van der Waals surface area contributed by atoms with Crippen molar-refractivity contribution in [2.24, 2.45) is 5.92 Å². The monoisotopic (exact) mass is 354 g/mol. The molecule has 2 aromatic heterocycles. The molecule has 1 amide bonds. The van der Waals surface area contributed by atoms with Gasteiger partial charge in [-0.05, 0) is 44.0 Å². The number of halogens is 1. The number of nitrogens with one attached hydrogen (secondary N) is 1. The summed E-state index contributed by atoms with van der Waals surface area (Å²) in [5, 5.41) is 7.12. The van der Waals surface area contributed by atoms with Crippen molar-refractivity contribution >= 4 is 23.2 Å². The number of rotatable bonds is 3. The van der Waals surface area contributed by atoms with E-state index in [9.17, 15) is 9.18 Å². The fourth-order valence-corrected chi connectivity index (χ4v) is 3.31. The van der Waals surface area contributed by atoms with Crippen LogP contribution >= 0.6 is 0 Å². The second kappa shape index (κ2) is 6.70. The lowest BCUT2D eigenvalue weighted by Gasteiger charge is -2.33. The standard InChI is InChI=1S/C18H19FN6O/c1-12-9-16(25-18(22-12)20-11-21-25)24-8-2-3-13(10-24)17(26)23-15-6-4-14(19)5-7-15/h4-7,9,11,13H,2-3,8,10H2,1H3,(H,23,26). The third-order valence-electron chi connectivity index (χ3n) is 4.59. The number of nitrogens with zero attached hydrogens (tertiary/aromatic N) is 5. The van der Waals surface area contributed by atoms with Crippen LogP contribution in [-0.4, -0.2) is 38.6 Å². The molecule has 1 saturated heterocycles. The van der Waals surface area contributed by atoms with Crippen LogP contribution < -0.4 is 10.2 Å². The van der Waals surface area contributed by atoms with Crippen molar-refractivity contribution in [1.82, 2.24) is 19.6 Å². The number of anilines is 2. The summed E-state index contributed by atoms with van der Waals surface area (Å²) in [6, 6.07) is 7.77. The van der Waals surface area contributed by atoms with Crippen molar-refractivity contribution in [1.29, 1.82) is 0 Å². The van der Waals surface area contributed by atoms with Crippen molar-refractivity contribution in [3.8, 4) is 0 Å². The zero-order chi connectivity index (χ0) is 18.1. The number of aromatic nitrogens is 4. The summed E-state index contributed by atoms with van der Waals surface area (Å²) >= 11 is 0. The molecule has 1 unspecified atom stereocenters. The number of carbonyl (C=O) groups is 1. The molecule has 1 N–H and O–H groups in total. The summed E-state index contributed by atoms with van der Waals surface area (Å²) in [4.78, 5) is 23.3. The Labute approximate surface area is 149 Å². The minimum absolute atomic E-state index is 0.0538. The van der Waals surface area contributed by atoms with Gasteiger partial charge in [0, 0.05) is 30.5 Å². The first-order valence-corrected chi connectivity index (χ1v) is 8.59. The van der Waals surface area contributed by atoms with E-state index in [1.54, 1.807) is 16.6 Å². The summed E-state index contributed by atoms with van der Waals surface area (Å²) in [7, 11) is 0. The van der Waals surface area contributed by atoms with Crippen LogP contribution in [0, 0.1) is 18.7 Å². The van der Waals surface area contributed by atoms with E-state index >= 15 is 0 Å². The van der Waals surface area contributed by atoms with E-state index < -0.39 is 0 Å². The molecule has 1 atom stereocenters. The van der Waals surface area contributed by atoms with Crippen LogP contribution in [0.3, 0.4) is 0 Å². The third-order valence-corrected chi connectivity index (χ3v) is 4.59. The zero-order valence-electron chi connectivity index (χ0n) is 14.4. The van der Waals surface area contributed by atoms with Crippen LogP contribution in [0.5, 0.6) is 0 Å². The van der Waals surface area contributed by atoms with E-state index in [1.807, 2.05) is 13.0 Å². The van der Waals surface area contributed by atoms with Crippen molar-refractivity contribution in [2.45, 2.75) is 19.8 Å². The van der Waals surface area contributed by atoms with Gasteiger partial charge in [-0.2, -0.15) is 14.6 Å². The molecule has 0 aliphatic carbocycles. The highest BCUT2D eigenvalue weighted by Gasteiger charge is 2.27. The third kappa shape index (κ3) is 3.22. The predicted octanol–water partition coefficient (Wildman–Crippen LogP) is 2.43. The summed E-state index contributed by atoms with van der Waals surface area (Å²) in [6.45, 7) is 3.35. The van der Waals surface area contributed by atoms with Gasteiger partial charge in [-0.3, -0.25) is 4.79 Å². The van der Waals surface area contributed by atoms with Crippen molar-refractivity contribution in [2.75, 3.05) is 23.3 Å². The fourth-order valence-electron chi connectivity index (χ4n) is 3.31. The van der Waals surface area contributed by atoms with Crippen LogP contribution in [0.15, 0.2) is 36.7 Å². The Hall–Kier alpha value is -3.03. The summed E-state index contributed by atoms with van der Waals surface area (Å²) in [6.07, 6.45) is 3.20. The lowest BCUT2D eigenvalue weighted by atomic mass is 9.97. The normalized spacial score (nSPS) is 17.5. The molecule has 134 valence electrons. The largest absolute Gasteiger partial charge is 0.356 e. The second-order valence-electron chi connectivity index (χ2n) is 6.51. The maximum absolute atomic E-state index is 13.0. The first-order valence-electron chi connectivity index (χ1n) is 8.59. The summed E-state index contributed by atoms with van der Waals surface area (Å²) in [5.74, 6) is 0.918. The predicted molar refractivity (Wildman–Crippen MR) is 95.5 cm³/mol. The van der Waals surface area contributed by atoms with Gasteiger partial charge in [-0.25, -0.2) is 9.37 Å². The molecular formula is C18H19FN6O. The summed E-state index contributed by atoms with van der Waals surface area (Å²) in [5.41, 5.74) is 1.46. The van der Waals surface area contributed by atoms with Crippen molar-refractivity contribution < 1.29 is 9.18 Å². The molecule has 8 heteroatoms. The summed E-state index contributed by atoms with van der Waals surface area (Å²) < 4.78 is 14.7. The van der Waals surface area contributed by atoms with Gasteiger partial charge >= 0.3 is 0 Å². The van der Waals surface area contributed by atoms with Crippen LogP contribution in [0.2, 0.25) is 0 Å². The lowest BCUT2D eigenvalue weighted by Crippen LogP contribution is -2.41. The highest BCUT2D eigenvalue weighted by Crippen LogP contribution is 2.25. The van der Waals surface area contributed by atoms with Crippen LogP contribution in [-0.2, 0) is 4.79 Å². The minimum atomic E-state index is -0.322. The van der Waals surface area contributed by atoms with Crippen molar-refractivity contribution in [3.63, 3.8) is 0 Å². The average Bonchev–Trinajstić information content (AvgIpc) is 3.11. The molecule has 7 nitrogen and oxygen atoms in total. The highest BCUT2D eigenvalue weighted by molar-refractivity contribution is 5.93. The van der Waals surface area contributed by atoms with E-state index in [0.717, 1.165) is 30.9 Å². The smallest absolute Gasteiger partial charge is 0.254 e. The first kappa shape index (κ1) is 16.4. The van der Waals surface area contributed by atoms with E-state index in [2.05, 4.69) is 25.3 Å². The zero-order valence-corrected chi connectivity index (χ0v) is 14.4. The van der Waals surface area contributed by atoms with Crippen LogP contribution in [0.4, 0.5) is 15.9 Å². The maximum atomic E-state index is 13.0. The molecule has 26 heavy (non-hydrogen) atoms. The van der Waals surface area contributed by atoms with Gasteiger partial charge < -0.3 is 10.2 Å². The molecule has 3 aromatic rings. The molecule has 1 fully saturated rings. The van der Waals surface area contributed by atoms with Gasteiger partial charge in [-0.15, -0.1) is 0 Å². The number of fused-ring (bicyclic) bond motifs is 1. The highest BCUT2D eigenvalue weighted by atomic mass is 19.1. The Morgan fingerprint density at radius 2 is 2.12 bits per heavy atom. The fraction of sp³-hybridized carbons (Fsp3) is 0.333. The lowest BCUT2D eigenvalue weighted by molar-refractivity contribution is -0.120. The molecule has 1 aliphatic rings. The van der Waals surface area contributed by atoms with E-state index in [0.29, 0.717) is 18.0 Å². The molecule has 3 heterocycles. The Balaban J connectivity index is 1.52. The topological polar surface area (TPSA) is 75.4 Å². The van der Waals surface area contributed by atoms with Gasteiger partial charge in [0.2, 0.25) is 5.91 Å². The molecule has 1 aromatic carbocycles. The molecule has 4 rings (SSSR count). The number of benzene rings is 1. The molecule has 1 aliphatic heterocycles. The Kier molecular flexibility index (Phi) is 4.24. The van der Waals surface area contributed by atoms with Crippen molar-refractivity contribution in [3.05, 3.63) is 48.2 Å². The van der Waals surface area contributed by atoms with Crippen LogP contribution in [0.1, 0.15) is 18.5 Å². The Bertz CT molecular complexity index is 939. The number of carbonyl (C=O) groups excluding carboxylic acids is 1. The average molecular weight is 354 g/mol. The first-order chi connectivity index (χ1) is 12.6. The SMILES string of the molecule is Cc1cc(N2CCCC(C(=O)Nc3ccc(F)cc3)C2)n2ncnc2n1. The van der Waals surface area contributed by atoms with E-state index in [-0.39, 0.29) is 17.6 Å². The molecule has 0 saturated carbocycles. The quantitative estimate of drug-likeness (QED) is 0.782. The molecular weight excluding hydrogens is 335 g/mol. The molecule has 0 bridgehead atoms. The van der Waals surface area contributed by atoms with E-state index in [1.165, 1.54) is 18.5 Å². The van der Waals surface area contributed by atoms with Crippen LogP contribution in [0.25, 0.3) is 5.78 Å².